The fourth-order valence-corrected chi connectivity index (χ4v) is 4.78. The Kier molecular flexibility index (Phi) is 4.79. The summed E-state index contributed by atoms with van der Waals surface area (Å²) in [6.07, 6.45) is 1.87. The highest BCUT2D eigenvalue weighted by molar-refractivity contribution is 6.01. The van der Waals surface area contributed by atoms with E-state index in [1.807, 2.05) is 25.1 Å². The summed E-state index contributed by atoms with van der Waals surface area (Å²) in [4.78, 5) is 39.3. The van der Waals surface area contributed by atoms with Gasteiger partial charge in [-0.25, -0.2) is 14.8 Å². The van der Waals surface area contributed by atoms with E-state index >= 15 is 0 Å². The highest BCUT2D eigenvalue weighted by Gasteiger charge is 2.42. The first kappa shape index (κ1) is 22.1. The van der Waals surface area contributed by atoms with Crippen LogP contribution in [0.1, 0.15) is 36.6 Å². The number of carbonyl (C=O) groups is 2. The molecule has 3 aliphatic rings. The minimum absolute atomic E-state index is 0.139. The fraction of sp³-hybridized carbons (Fsp3) is 0.320. The molecule has 0 spiro atoms. The molecule has 3 N–H and O–H groups in total. The Morgan fingerprint density at radius 1 is 1.14 bits per heavy atom. The van der Waals surface area contributed by atoms with E-state index in [4.69, 9.17) is 9.47 Å². The van der Waals surface area contributed by atoms with E-state index in [-0.39, 0.29) is 24.1 Å². The van der Waals surface area contributed by atoms with Gasteiger partial charge in [-0.15, -0.1) is 0 Å². The molecule has 0 bridgehead atoms. The van der Waals surface area contributed by atoms with Gasteiger partial charge in [0.25, 0.3) is 5.91 Å². The minimum atomic E-state index is -0.947. The van der Waals surface area contributed by atoms with Gasteiger partial charge in [0, 0.05) is 30.9 Å². The van der Waals surface area contributed by atoms with Gasteiger partial charge >= 0.3 is 6.09 Å². The standard InChI is InChI=1S/C25H25N7O4/c1-12-11-26-23(27-14-6-5-13-9-17-19(15(13)10-14)30-24(34)35-17)31-20(12)28-18-8-7-16-21(29-18)32(4)22(33)25(2,3)36-16/h5-8,10-11,17,19H,9H2,1-4H3,(H,30,34)(H2,26,27,28,29,31)/t17-,19+/m0/s1. The highest BCUT2D eigenvalue weighted by Crippen LogP contribution is 2.39. The SMILES string of the molecule is Cc1cnc(Nc2ccc3c(c2)[C@H]2NC(=O)O[C@H]2C3)nc1Nc1ccc2c(n1)N(C)C(=O)C(C)(C)O2. The Hall–Kier alpha value is -4.41. The van der Waals surface area contributed by atoms with Crippen LogP contribution in [0.5, 0.6) is 5.75 Å². The second kappa shape index (κ2) is 7.80. The van der Waals surface area contributed by atoms with Gasteiger partial charge in [-0.3, -0.25) is 9.69 Å². The number of aromatic nitrogens is 3. The minimum Gasteiger partial charge on any atom is -0.474 e. The van der Waals surface area contributed by atoms with Gasteiger partial charge in [0.15, 0.2) is 17.2 Å². The molecule has 4 heterocycles. The average molecular weight is 488 g/mol. The number of rotatable bonds is 4. The van der Waals surface area contributed by atoms with Gasteiger partial charge in [-0.1, -0.05) is 6.07 Å². The summed E-state index contributed by atoms with van der Waals surface area (Å²) < 4.78 is 11.2. The molecular weight excluding hydrogens is 462 g/mol. The first-order chi connectivity index (χ1) is 17.2. The molecule has 3 aromatic rings. The van der Waals surface area contributed by atoms with E-state index in [2.05, 4.69) is 30.9 Å². The van der Waals surface area contributed by atoms with Gasteiger partial charge < -0.3 is 25.4 Å². The summed E-state index contributed by atoms with van der Waals surface area (Å²) in [7, 11) is 1.68. The van der Waals surface area contributed by atoms with Gasteiger partial charge in [0.05, 0.1) is 6.04 Å². The molecule has 2 amide bonds. The van der Waals surface area contributed by atoms with E-state index in [9.17, 15) is 9.59 Å². The summed E-state index contributed by atoms with van der Waals surface area (Å²) >= 11 is 0. The predicted molar refractivity (Wildman–Crippen MR) is 132 cm³/mol. The molecule has 184 valence electrons. The summed E-state index contributed by atoms with van der Waals surface area (Å²) in [5.74, 6) is 2.30. The fourth-order valence-electron chi connectivity index (χ4n) is 4.78. The summed E-state index contributed by atoms with van der Waals surface area (Å²) in [6, 6.07) is 9.40. The number of nitrogens with one attached hydrogen (secondary N) is 3. The van der Waals surface area contributed by atoms with Gasteiger partial charge in [-0.05, 0) is 56.2 Å². The van der Waals surface area contributed by atoms with Crippen molar-refractivity contribution >= 4 is 41.1 Å². The van der Waals surface area contributed by atoms with Crippen LogP contribution in [-0.4, -0.2) is 45.7 Å². The average Bonchev–Trinajstić information content (AvgIpc) is 3.36. The summed E-state index contributed by atoms with van der Waals surface area (Å²) in [5, 5.41) is 9.33. The Balaban J connectivity index is 1.23. The second-order valence-corrected chi connectivity index (χ2v) is 9.65. The molecule has 1 aliphatic carbocycles. The van der Waals surface area contributed by atoms with Crippen LogP contribution in [-0.2, 0) is 16.0 Å². The van der Waals surface area contributed by atoms with Crippen LogP contribution in [0.3, 0.4) is 0 Å². The third kappa shape index (κ3) is 3.63. The van der Waals surface area contributed by atoms with Crippen molar-refractivity contribution in [2.24, 2.45) is 0 Å². The van der Waals surface area contributed by atoms with Gasteiger partial charge in [0.1, 0.15) is 17.7 Å². The molecule has 36 heavy (non-hydrogen) atoms. The van der Waals surface area contributed by atoms with Crippen molar-refractivity contribution in [2.75, 3.05) is 22.6 Å². The lowest BCUT2D eigenvalue weighted by Crippen LogP contribution is -2.51. The lowest BCUT2D eigenvalue weighted by Gasteiger charge is -2.36. The number of carbonyl (C=O) groups excluding carboxylic acids is 2. The lowest BCUT2D eigenvalue weighted by molar-refractivity contribution is -0.132. The molecule has 1 saturated heterocycles. The van der Waals surface area contributed by atoms with Crippen LogP contribution in [0, 0.1) is 6.92 Å². The van der Waals surface area contributed by atoms with Crippen molar-refractivity contribution in [3.63, 3.8) is 0 Å². The van der Waals surface area contributed by atoms with Crippen LogP contribution in [0.2, 0.25) is 0 Å². The maximum absolute atomic E-state index is 12.6. The number of anilines is 5. The topological polar surface area (TPSA) is 131 Å². The number of ether oxygens (including phenoxy) is 2. The van der Waals surface area contributed by atoms with Crippen molar-refractivity contribution in [3.8, 4) is 5.75 Å². The Morgan fingerprint density at radius 3 is 2.81 bits per heavy atom. The first-order valence-corrected chi connectivity index (χ1v) is 11.6. The maximum atomic E-state index is 12.6. The van der Waals surface area contributed by atoms with Crippen molar-refractivity contribution in [2.45, 2.75) is 44.9 Å². The highest BCUT2D eigenvalue weighted by atomic mass is 16.6. The van der Waals surface area contributed by atoms with Gasteiger partial charge in [0.2, 0.25) is 5.95 Å². The molecule has 2 atom stereocenters. The molecule has 0 unspecified atom stereocenters. The Morgan fingerprint density at radius 2 is 1.97 bits per heavy atom. The number of likely N-dealkylation sites (N-methyl/N-ethyl adjacent to an activating group) is 1. The number of aryl methyl sites for hydroxylation is 1. The number of hydrogen-bond acceptors (Lipinski definition) is 9. The molecule has 11 heteroatoms. The molecule has 2 aromatic heterocycles. The Labute approximate surface area is 207 Å². The number of fused-ring (bicyclic) bond motifs is 4. The van der Waals surface area contributed by atoms with Crippen molar-refractivity contribution in [1.29, 1.82) is 0 Å². The number of alkyl carbamates (subject to hydrolysis) is 1. The van der Waals surface area contributed by atoms with E-state index in [1.54, 1.807) is 39.2 Å². The first-order valence-electron chi connectivity index (χ1n) is 11.6. The predicted octanol–water partition coefficient (Wildman–Crippen LogP) is 3.51. The van der Waals surface area contributed by atoms with E-state index < -0.39 is 5.60 Å². The van der Waals surface area contributed by atoms with Crippen LogP contribution in [0.25, 0.3) is 0 Å². The largest absolute Gasteiger partial charge is 0.474 e. The van der Waals surface area contributed by atoms with Crippen LogP contribution in [0.15, 0.2) is 36.5 Å². The quantitative estimate of drug-likeness (QED) is 0.506. The summed E-state index contributed by atoms with van der Waals surface area (Å²) in [6.45, 7) is 5.36. The Bertz CT molecular complexity index is 1420. The molecule has 6 rings (SSSR count). The zero-order valence-electron chi connectivity index (χ0n) is 20.2. The zero-order chi connectivity index (χ0) is 25.2. The maximum Gasteiger partial charge on any atom is 0.408 e. The van der Waals surface area contributed by atoms with Gasteiger partial charge in [-0.2, -0.15) is 4.98 Å². The molecule has 1 fully saturated rings. The normalized spacial score (nSPS) is 21.1. The number of amides is 2. The number of pyridine rings is 1. The van der Waals surface area contributed by atoms with E-state index in [0.717, 1.165) is 22.4 Å². The molecule has 11 nitrogen and oxygen atoms in total. The molecular formula is C25H25N7O4. The van der Waals surface area contributed by atoms with Crippen LogP contribution >= 0.6 is 0 Å². The molecule has 2 aliphatic heterocycles. The number of benzene rings is 1. The summed E-state index contributed by atoms with van der Waals surface area (Å²) in [5.41, 5.74) is 2.86. The monoisotopic (exact) mass is 487 g/mol. The van der Waals surface area contributed by atoms with Crippen molar-refractivity contribution in [1.82, 2.24) is 20.3 Å². The smallest absolute Gasteiger partial charge is 0.408 e. The lowest BCUT2D eigenvalue weighted by atomic mass is 10.1. The van der Waals surface area contributed by atoms with E-state index in [1.165, 1.54) is 4.90 Å². The zero-order valence-corrected chi connectivity index (χ0v) is 20.2. The number of hydrogen-bond donors (Lipinski definition) is 3. The third-order valence-corrected chi connectivity index (χ3v) is 6.62. The van der Waals surface area contributed by atoms with Crippen molar-refractivity contribution < 1.29 is 19.1 Å². The third-order valence-electron chi connectivity index (χ3n) is 6.62. The van der Waals surface area contributed by atoms with Crippen LogP contribution in [0.4, 0.5) is 33.9 Å². The van der Waals surface area contributed by atoms with Crippen LogP contribution < -0.4 is 25.6 Å². The molecule has 0 radical (unpaired) electrons. The van der Waals surface area contributed by atoms with E-state index in [0.29, 0.717) is 35.6 Å². The molecule has 0 saturated carbocycles. The van der Waals surface area contributed by atoms with Crippen molar-refractivity contribution in [3.05, 3.63) is 53.2 Å². The second-order valence-electron chi connectivity index (χ2n) is 9.65. The number of nitrogens with zero attached hydrogens (tertiary/aromatic N) is 4. The molecule has 1 aromatic carbocycles.